The predicted octanol–water partition coefficient (Wildman–Crippen LogP) is 3.90. The number of sulfone groups is 1. The van der Waals surface area contributed by atoms with Gasteiger partial charge in [0.25, 0.3) is 5.91 Å². The summed E-state index contributed by atoms with van der Waals surface area (Å²) in [5.41, 5.74) is -2.05. The molecule has 1 amide bonds. The SMILES string of the molecule is O=C[C@]1(O)CC2CC[C@@H](C1)[C@H]2S(=O)(=O)c1cc(C(=O)Nc2cc(F)c(F)c(F)c2)ccc1Cl. The van der Waals surface area contributed by atoms with Gasteiger partial charge >= 0.3 is 0 Å². The fourth-order valence-electron chi connectivity index (χ4n) is 5.01. The second kappa shape index (κ2) is 8.41. The number of carbonyl (C=O) groups excluding carboxylic acids is 2. The smallest absolute Gasteiger partial charge is 0.255 e. The third-order valence-corrected chi connectivity index (χ3v) is 9.27. The van der Waals surface area contributed by atoms with Gasteiger partial charge in [-0.2, -0.15) is 0 Å². The van der Waals surface area contributed by atoms with Crippen LogP contribution in [0.4, 0.5) is 18.9 Å². The van der Waals surface area contributed by atoms with E-state index >= 15 is 0 Å². The van der Waals surface area contributed by atoms with Crippen molar-refractivity contribution in [3.8, 4) is 0 Å². The Morgan fingerprint density at radius 3 is 2.21 bits per heavy atom. The van der Waals surface area contributed by atoms with Gasteiger partial charge in [0.2, 0.25) is 0 Å². The van der Waals surface area contributed by atoms with Crippen LogP contribution in [0.5, 0.6) is 0 Å². The highest BCUT2D eigenvalue weighted by molar-refractivity contribution is 7.92. The minimum atomic E-state index is -4.04. The largest absolute Gasteiger partial charge is 0.382 e. The Morgan fingerprint density at radius 2 is 1.67 bits per heavy atom. The number of anilines is 1. The Labute approximate surface area is 192 Å². The van der Waals surface area contributed by atoms with Gasteiger partial charge in [-0.3, -0.25) is 4.79 Å². The molecule has 0 saturated heterocycles. The van der Waals surface area contributed by atoms with Crippen LogP contribution in [-0.4, -0.2) is 36.6 Å². The van der Waals surface area contributed by atoms with Gasteiger partial charge in [-0.25, -0.2) is 21.6 Å². The summed E-state index contributed by atoms with van der Waals surface area (Å²) >= 11 is 6.17. The molecule has 0 spiro atoms. The van der Waals surface area contributed by atoms with Crippen LogP contribution in [-0.2, 0) is 14.6 Å². The summed E-state index contributed by atoms with van der Waals surface area (Å²) in [6.45, 7) is 0. The van der Waals surface area contributed by atoms with Crippen molar-refractivity contribution in [3.05, 3.63) is 58.4 Å². The zero-order valence-corrected chi connectivity index (χ0v) is 18.6. The number of rotatable bonds is 5. The Kier molecular flexibility index (Phi) is 6.05. The highest BCUT2D eigenvalue weighted by Crippen LogP contribution is 2.51. The zero-order valence-electron chi connectivity index (χ0n) is 17.0. The molecule has 0 radical (unpaired) electrons. The monoisotopic (exact) mass is 501 g/mol. The van der Waals surface area contributed by atoms with Crippen LogP contribution in [0.25, 0.3) is 0 Å². The molecule has 0 heterocycles. The number of fused-ring (bicyclic) bond motifs is 2. The summed E-state index contributed by atoms with van der Waals surface area (Å²) in [5.74, 6) is -6.43. The molecule has 2 saturated carbocycles. The van der Waals surface area contributed by atoms with Gasteiger partial charge < -0.3 is 15.2 Å². The first kappa shape index (κ1) is 23.7. The van der Waals surface area contributed by atoms with Crippen molar-refractivity contribution >= 4 is 39.3 Å². The van der Waals surface area contributed by atoms with Gasteiger partial charge in [-0.05, 0) is 55.7 Å². The third-order valence-electron chi connectivity index (χ3n) is 6.39. The number of hydrogen-bond donors (Lipinski definition) is 2. The van der Waals surface area contributed by atoms with Crippen LogP contribution in [0.3, 0.4) is 0 Å². The van der Waals surface area contributed by atoms with E-state index in [2.05, 4.69) is 5.32 Å². The lowest BCUT2D eigenvalue weighted by molar-refractivity contribution is -0.129. The minimum absolute atomic E-state index is 0.0242. The molecular weight excluding hydrogens is 483 g/mol. The molecule has 2 bridgehead atoms. The molecule has 33 heavy (non-hydrogen) atoms. The molecule has 0 aliphatic heterocycles. The number of amides is 1. The summed E-state index contributed by atoms with van der Waals surface area (Å²) in [5, 5.41) is 11.6. The number of aliphatic hydroxyl groups is 1. The molecule has 2 N–H and O–H groups in total. The van der Waals surface area contributed by atoms with E-state index in [0.29, 0.717) is 31.3 Å². The molecular formula is C22H19ClF3NO5S. The summed E-state index contributed by atoms with van der Waals surface area (Å²) in [6.07, 6.45) is 1.57. The van der Waals surface area contributed by atoms with Crippen molar-refractivity contribution in [2.75, 3.05) is 5.32 Å². The summed E-state index contributed by atoms with van der Waals surface area (Å²) in [4.78, 5) is 23.6. The highest BCUT2D eigenvalue weighted by atomic mass is 35.5. The van der Waals surface area contributed by atoms with Crippen molar-refractivity contribution in [1.82, 2.24) is 0 Å². The molecule has 11 heteroatoms. The van der Waals surface area contributed by atoms with Gasteiger partial charge in [0.1, 0.15) is 5.60 Å². The van der Waals surface area contributed by atoms with Gasteiger partial charge in [-0.1, -0.05) is 11.6 Å². The summed E-state index contributed by atoms with van der Waals surface area (Å²) in [7, 11) is -4.04. The molecule has 2 aliphatic rings. The number of aldehydes is 1. The molecule has 4 atom stereocenters. The molecule has 2 aromatic carbocycles. The van der Waals surface area contributed by atoms with Crippen molar-refractivity contribution in [3.63, 3.8) is 0 Å². The number of benzene rings is 2. The van der Waals surface area contributed by atoms with Gasteiger partial charge in [0.15, 0.2) is 33.6 Å². The third kappa shape index (κ3) is 4.27. The van der Waals surface area contributed by atoms with Crippen LogP contribution in [0, 0.1) is 29.3 Å². The molecule has 2 aromatic rings. The molecule has 6 nitrogen and oxygen atoms in total. The lowest BCUT2D eigenvalue weighted by Gasteiger charge is -2.37. The number of carbonyl (C=O) groups is 2. The summed E-state index contributed by atoms with van der Waals surface area (Å²) in [6, 6.07) is 4.73. The van der Waals surface area contributed by atoms with E-state index in [1.54, 1.807) is 0 Å². The number of hydrogen-bond acceptors (Lipinski definition) is 5. The second-order valence-electron chi connectivity index (χ2n) is 8.59. The standard InChI is InChI=1S/C22H19ClF3NO5S/c23-15-4-3-11(21(29)27-14-6-16(24)19(26)17(25)7-14)5-18(15)33(31,32)20-12-1-2-13(20)9-22(30,8-12)10-28/h3-7,10,12-13,20,30H,1-2,8-9H2,(H,27,29)/t12-,13?,20+,22+/m0/s1. The first-order valence-electron chi connectivity index (χ1n) is 10.1. The Bertz CT molecular complexity index is 1220. The fraction of sp³-hybridized carbons (Fsp3) is 0.364. The van der Waals surface area contributed by atoms with Gasteiger partial charge in [0, 0.05) is 23.4 Å². The first-order valence-corrected chi connectivity index (χ1v) is 12.1. The maximum absolute atomic E-state index is 13.5. The van der Waals surface area contributed by atoms with Crippen molar-refractivity contribution < 1.29 is 36.3 Å². The normalized spacial score (nSPS) is 26.8. The molecule has 4 rings (SSSR count). The van der Waals surface area contributed by atoms with E-state index in [-0.39, 0.29) is 34.0 Å². The van der Waals surface area contributed by atoms with E-state index in [4.69, 9.17) is 11.6 Å². The lowest BCUT2D eigenvalue weighted by Crippen LogP contribution is -2.47. The van der Waals surface area contributed by atoms with Gasteiger partial charge in [-0.15, -0.1) is 0 Å². The van der Waals surface area contributed by atoms with Crippen LogP contribution in [0.1, 0.15) is 36.0 Å². The molecule has 2 aliphatic carbocycles. The van der Waals surface area contributed by atoms with Crippen LogP contribution in [0.15, 0.2) is 35.2 Å². The Hall–Kier alpha value is -2.43. The maximum atomic E-state index is 13.5. The quantitative estimate of drug-likeness (QED) is 0.478. The zero-order chi connectivity index (χ0) is 24.1. The van der Waals surface area contributed by atoms with Crippen LogP contribution < -0.4 is 5.32 Å². The average Bonchev–Trinajstić information content (AvgIpc) is 3.05. The minimum Gasteiger partial charge on any atom is -0.382 e. The van der Waals surface area contributed by atoms with E-state index in [1.165, 1.54) is 12.1 Å². The highest BCUT2D eigenvalue weighted by Gasteiger charge is 2.54. The van der Waals surface area contributed by atoms with Crippen molar-refractivity contribution in [1.29, 1.82) is 0 Å². The molecule has 176 valence electrons. The van der Waals surface area contributed by atoms with E-state index in [0.717, 1.165) is 6.07 Å². The van der Waals surface area contributed by atoms with E-state index < -0.39 is 55.9 Å². The summed E-state index contributed by atoms with van der Waals surface area (Å²) < 4.78 is 67.0. The first-order chi connectivity index (χ1) is 15.4. The Morgan fingerprint density at radius 1 is 1.09 bits per heavy atom. The average molecular weight is 502 g/mol. The lowest BCUT2D eigenvalue weighted by atomic mass is 9.78. The molecule has 1 unspecified atom stereocenters. The van der Waals surface area contributed by atoms with Crippen LogP contribution >= 0.6 is 11.6 Å². The predicted molar refractivity (Wildman–Crippen MR) is 113 cm³/mol. The number of nitrogens with one attached hydrogen (secondary N) is 1. The van der Waals surface area contributed by atoms with E-state index in [9.17, 15) is 36.3 Å². The van der Waals surface area contributed by atoms with Crippen LogP contribution in [0.2, 0.25) is 5.02 Å². The molecule has 0 aromatic heterocycles. The van der Waals surface area contributed by atoms with Crippen molar-refractivity contribution in [2.45, 2.75) is 41.4 Å². The van der Waals surface area contributed by atoms with E-state index in [1.807, 2.05) is 0 Å². The second-order valence-corrected chi connectivity index (χ2v) is 11.1. The topological polar surface area (TPSA) is 101 Å². The van der Waals surface area contributed by atoms with Crippen molar-refractivity contribution in [2.24, 2.45) is 11.8 Å². The number of halogens is 4. The fourth-order valence-corrected chi connectivity index (χ4v) is 7.86. The molecule has 2 fully saturated rings. The Balaban J connectivity index is 1.64. The van der Waals surface area contributed by atoms with Gasteiger partial charge in [0.05, 0.1) is 15.2 Å². The maximum Gasteiger partial charge on any atom is 0.255 e.